The number of hydrogen-bond acceptors (Lipinski definition) is 5. The van der Waals surface area contributed by atoms with Gasteiger partial charge >= 0.3 is 0 Å². The topological polar surface area (TPSA) is 47.6 Å². The Morgan fingerprint density at radius 2 is 1.83 bits per heavy atom. The van der Waals surface area contributed by atoms with Crippen LogP contribution < -0.4 is 26.4 Å². The highest BCUT2D eigenvalue weighted by Crippen LogP contribution is 2.45. The number of thiazole rings is 1. The van der Waals surface area contributed by atoms with E-state index in [1.165, 1.54) is 9.60 Å². The lowest BCUT2D eigenvalue weighted by Crippen LogP contribution is -3.00. The minimum atomic E-state index is 0. The van der Waals surface area contributed by atoms with Crippen molar-refractivity contribution in [2.45, 2.75) is 18.4 Å². The van der Waals surface area contributed by atoms with Crippen LogP contribution in [0.2, 0.25) is 0 Å². The maximum Gasteiger partial charge on any atom is 0.263 e. The number of halogens is 1. The molecule has 0 aliphatic carbocycles. The van der Waals surface area contributed by atoms with Gasteiger partial charge in [0.05, 0.1) is 17.3 Å². The lowest BCUT2D eigenvalue weighted by Gasteiger charge is -2.19. The van der Waals surface area contributed by atoms with Crippen LogP contribution in [0.25, 0.3) is 16.3 Å². The van der Waals surface area contributed by atoms with Crippen LogP contribution in [0, 0.1) is 0 Å². The largest absolute Gasteiger partial charge is 1.00 e. The average Bonchev–Trinajstić information content (AvgIpc) is 3.21. The Kier molecular flexibility index (Phi) is 7.54. The first-order valence-electron chi connectivity index (χ1n) is 9.29. The van der Waals surface area contributed by atoms with E-state index in [1.807, 2.05) is 24.3 Å². The number of rotatable bonds is 6. The summed E-state index contributed by atoms with van der Waals surface area (Å²) < 4.78 is 3.39. The summed E-state index contributed by atoms with van der Waals surface area (Å²) in [5, 5.41) is 21.2. The summed E-state index contributed by atoms with van der Waals surface area (Å²) in [5.74, 6) is 0. The molecule has 3 aromatic rings. The number of aliphatic hydroxyl groups excluding tert-OH is 2. The molecule has 1 aliphatic rings. The van der Waals surface area contributed by atoms with Crippen LogP contribution in [0.1, 0.15) is 11.9 Å². The van der Waals surface area contributed by atoms with E-state index in [2.05, 4.69) is 52.8 Å². The zero-order valence-corrected chi connectivity index (χ0v) is 19.3. The second-order valence-corrected chi connectivity index (χ2v) is 8.72. The van der Waals surface area contributed by atoms with Gasteiger partial charge in [-0.3, -0.25) is 0 Å². The standard InChI is InChI=1S/C22H23N2O2S2.BrH/c1-16(14-21-23(10-12-25)17-6-2-4-8-19(17)27-21)15-22-24(11-13-26)18-7-3-5-9-20(18)28-22;/h2-9,14-15,25-26H,10-13H2,1H3;1H/q+1;/p-1. The highest BCUT2D eigenvalue weighted by molar-refractivity contribution is 8.03. The van der Waals surface area contributed by atoms with Gasteiger partial charge in [-0.2, -0.15) is 4.57 Å². The van der Waals surface area contributed by atoms with E-state index in [9.17, 15) is 10.2 Å². The van der Waals surface area contributed by atoms with Gasteiger partial charge in [0.25, 0.3) is 5.01 Å². The third kappa shape index (κ3) is 4.59. The number of hydrogen-bond donors (Lipinski definition) is 2. The summed E-state index contributed by atoms with van der Waals surface area (Å²) in [4.78, 5) is 3.39. The fourth-order valence-corrected chi connectivity index (χ4v) is 5.81. The zero-order chi connectivity index (χ0) is 19.5. The molecule has 0 bridgehead atoms. The van der Waals surface area contributed by atoms with E-state index in [0.29, 0.717) is 13.1 Å². The number of nitrogens with zero attached hydrogens (tertiary/aromatic N) is 2. The van der Waals surface area contributed by atoms with Gasteiger partial charge in [0, 0.05) is 23.6 Å². The Bertz CT molecular complexity index is 1060. The maximum atomic E-state index is 9.50. The van der Waals surface area contributed by atoms with Gasteiger partial charge in [-0.1, -0.05) is 47.4 Å². The normalized spacial score (nSPS) is 15.1. The van der Waals surface area contributed by atoms with Crippen LogP contribution in [0.4, 0.5) is 5.69 Å². The molecule has 1 aliphatic heterocycles. The van der Waals surface area contributed by atoms with Crippen molar-refractivity contribution in [3.05, 3.63) is 70.2 Å². The number of allylic oxidation sites excluding steroid dienone is 2. The van der Waals surface area contributed by atoms with Crippen molar-refractivity contribution in [3.8, 4) is 0 Å². The van der Waals surface area contributed by atoms with Crippen molar-refractivity contribution in [2.75, 3.05) is 24.7 Å². The van der Waals surface area contributed by atoms with E-state index in [0.717, 1.165) is 26.8 Å². The summed E-state index contributed by atoms with van der Waals surface area (Å²) in [7, 11) is 0. The summed E-state index contributed by atoms with van der Waals surface area (Å²) >= 11 is 3.47. The summed E-state index contributed by atoms with van der Waals surface area (Å²) in [6.07, 6.45) is 4.35. The third-order valence-corrected chi connectivity index (χ3v) is 6.85. The van der Waals surface area contributed by atoms with Crippen LogP contribution in [-0.4, -0.2) is 30.0 Å². The van der Waals surface area contributed by atoms with E-state index in [4.69, 9.17) is 0 Å². The molecule has 0 saturated heterocycles. The van der Waals surface area contributed by atoms with Gasteiger partial charge in [0.2, 0.25) is 5.52 Å². The van der Waals surface area contributed by atoms with Gasteiger partial charge in [0.1, 0.15) is 11.3 Å². The Labute approximate surface area is 189 Å². The number of β-amino-alcohol motifs (C(OH)–C–C–N with tert-alkyl or cyclic N) is 1. The van der Waals surface area contributed by atoms with E-state index < -0.39 is 0 Å². The number of thioether (sulfide) groups is 1. The Balaban J connectivity index is 0.00000240. The molecule has 2 aromatic carbocycles. The van der Waals surface area contributed by atoms with Crippen molar-refractivity contribution >= 4 is 45.1 Å². The molecule has 1 aromatic heterocycles. The molecule has 152 valence electrons. The lowest BCUT2D eigenvalue weighted by molar-refractivity contribution is -0.670. The molecule has 0 amide bonds. The Morgan fingerprint density at radius 1 is 1.07 bits per heavy atom. The minimum absolute atomic E-state index is 0. The lowest BCUT2D eigenvalue weighted by atomic mass is 10.2. The molecule has 2 N–H and O–H groups in total. The third-order valence-electron chi connectivity index (χ3n) is 4.62. The summed E-state index contributed by atoms with van der Waals surface area (Å²) in [6.45, 7) is 3.48. The maximum absolute atomic E-state index is 9.50. The van der Waals surface area contributed by atoms with Crippen LogP contribution in [0.5, 0.6) is 0 Å². The van der Waals surface area contributed by atoms with E-state index in [-0.39, 0.29) is 30.2 Å². The van der Waals surface area contributed by atoms with Crippen LogP contribution in [0.15, 0.2) is 70.1 Å². The molecular weight excluding hydrogens is 468 g/mol. The number of benzene rings is 2. The van der Waals surface area contributed by atoms with E-state index >= 15 is 0 Å². The molecule has 0 atom stereocenters. The van der Waals surface area contributed by atoms with Crippen molar-refractivity contribution in [3.63, 3.8) is 0 Å². The fraction of sp³-hybridized carbons (Fsp3) is 0.227. The number of para-hydroxylation sites is 2. The highest BCUT2D eigenvalue weighted by Gasteiger charge is 2.24. The van der Waals surface area contributed by atoms with Crippen LogP contribution in [-0.2, 0) is 6.54 Å². The molecule has 7 heteroatoms. The molecule has 4 nitrogen and oxygen atoms in total. The number of aliphatic hydroxyl groups is 2. The summed E-state index contributed by atoms with van der Waals surface area (Å²) in [5.41, 5.74) is 3.44. The zero-order valence-electron chi connectivity index (χ0n) is 16.1. The second kappa shape index (κ2) is 9.91. The molecule has 0 radical (unpaired) electrons. The molecule has 4 rings (SSSR count). The highest BCUT2D eigenvalue weighted by atomic mass is 79.9. The molecule has 29 heavy (non-hydrogen) atoms. The molecule has 0 unspecified atom stereocenters. The SMILES string of the molecule is CC(=C\c1sc2ccccc2[n+]1CCO)/C=C1/Sc2ccccc2N1CCO.[Br-]. The number of anilines is 1. The van der Waals surface area contributed by atoms with Gasteiger partial charge in [0.15, 0.2) is 6.54 Å². The van der Waals surface area contributed by atoms with Crippen molar-refractivity contribution in [1.29, 1.82) is 0 Å². The first-order chi connectivity index (χ1) is 13.7. The first-order valence-corrected chi connectivity index (χ1v) is 10.9. The molecule has 0 fully saturated rings. The average molecular weight is 491 g/mol. The van der Waals surface area contributed by atoms with Crippen LogP contribution in [0.3, 0.4) is 0 Å². The fourth-order valence-electron chi connectivity index (χ4n) is 3.41. The minimum Gasteiger partial charge on any atom is -1.00 e. The quantitative estimate of drug-likeness (QED) is 0.506. The Morgan fingerprint density at radius 3 is 2.62 bits per heavy atom. The number of fused-ring (bicyclic) bond motifs is 2. The first kappa shape index (κ1) is 22.1. The predicted molar refractivity (Wildman–Crippen MR) is 118 cm³/mol. The Hall–Kier alpha value is -1.64. The summed E-state index contributed by atoms with van der Waals surface area (Å²) in [6, 6.07) is 16.6. The van der Waals surface area contributed by atoms with Gasteiger partial charge in [-0.25, -0.2) is 0 Å². The molecule has 0 spiro atoms. The van der Waals surface area contributed by atoms with Gasteiger partial charge in [-0.05, 0) is 36.8 Å². The van der Waals surface area contributed by atoms with Crippen molar-refractivity contribution in [2.24, 2.45) is 0 Å². The smallest absolute Gasteiger partial charge is 0.263 e. The van der Waals surface area contributed by atoms with Crippen molar-refractivity contribution < 1.29 is 31.8 Å². The monoisotopic (exact) mass is 490 g/mol. The van der Waals surface area contributed by atoms with Crippen molar-refractivity contribution in [1.82, 2.24) is 0 Å². The number of aromatic nitrogens is 1. The van der Waals surface area contributed by atoms with Gasteiger partial charge in [-0.15, -0.1) is 0 Å². The molecule has 0 saturated carbocycles. The molecular formula is C22H23BrN2O2S2. The van der Waals surface area contributed by atoms with Gasteiger partial charge < -0.3 is 32.1 Å². The van der Waals surface area contributed by atoms with E-state index in [1.54, 1.807) is 23.1 Å². The molecule has 2 heterocycles. The predicted octanol–water partition coefficient (Wildman–Crippen LogP) is 1.03. The second-order valence-electron chi connectivity index (χ2n) is 6.60. The van der Waals surface area contributed by atoms with Crippen LogP contribution >= 0.6 is 23.1 Å².